The molecule has 0 bridgehead atoms. The Morgan fingerprint density at radius 2 is 1.74 bits per heavy atom. The molecule has 0 saturated carbocycles. The number of aromatic nitrogens is 1. The number of nitrogens with zero attached hydrogens (tertiary/aromatic N) is 1. The standard InChI is InChI=1S/C25H30N6O6S2/c1-17(32)28-20-12-10-19(11-13-20)22-16-38-24(29-22)31-23(33)21(9-5-6-14-27-39(26,35)36)30-25(34)37-15-18-7-3-2-4-8-18/h2-4,7-8,10-13,16,21,27H,5-6,9,14-15H2,1H3,(H,28,32)(H,30,34)(H2,26,35,36)(H,29,31,33)/t21-/m0/s1. The summed E-state index contributed by atoms with van der Waals surface area (Å²) in [6.45, 7) is 1.56. The first-order valence-electron chi connectivity index (χ1n) is 12.0. The minimum Gasteiger partial charge on any atom is -0.445 e. The van der Waals surface area contributed by atoms with Gasteiger partial charge in [-0.15, -0.1) is 11.3 Å². The van der Waals surface area contributed by atoms with Gasteiger partial charge in [0, 0.05) is 30.1 Å². The van der Waals surface area contributed by atoms with Crippen molar-refractivity contribution in [3.63, 3.8) is 0 Å². The highest BCUT2D eigenvalue weighted by atomic mass is 32.2. The molecular formula is C25H30N6O6S2. The van der Waals surface area contributed by atoms with Crippen LogP contribution in [0.2, 0.25) is 0 Å². The van der Waals surface area contributed by atoms with Crippen molar-refractivity contribution in [3.8, 4) is 11.3 Å². The Hall–Kier alpha value is -3.85. The molecular weight excluding hydrogens is 544 g/mol. The lowest BCUT2D eigenvalue weighted by Crippen LogP contribution is -2.44. The molecule has 3 rings (SSSR count). The highest BCUT2D eigenvalue weighted by Gasteiger charge is 2.22. The fraction of sp³-hybridized carbons (Fsp3) is 0.280. The Bertz CT molecular complexity index is 1360. The predicted molar refractivity (Wildman–Crippen MR) is 149 cm³/mol. The van der Waals surface area contributed by atoms with E-state index in [1.54, 1.807) is 29.6 Å². The van der Waals surface area contributed by atoms with E-state index >= 15 is 0 Å². The summed E-state index contributed by atoms with van der Waals surface area (Å²) in [6, 6.07) is 15.3. The largest absolute Gasteiger partial charge is 0.445 e. The Labute approximate surface area is 230 Å². The molecule has 1 atom stereocenters. The highest BCUT2D eigenvalue weighted by Crippen LogP contribution is 2.26. The van der Waals surface area contributed by atoms with Crippen molar-refractivity contribution >= 4 is 50.3 Å². The number of alkyl carbamates (subject to hydrolysis) is 1. The van der Waals surface area contributed by atoms with Crippen molar-refractivity contribution in [2.75, 3.05) is 17.2 Å². The van der Waals surface area contributed by atoms with Crippen LogP contribution in [0.1, 0.15) is 31.7 Å². The van der Waals surface area contributed by atoms with Gasteiger partial charge in [-0.25, -0.2) is 19.6 Å². The maximum atomic E-state index is 13.1. The van der Waals surface area contributed by atoms with Gasteiger partial charge < -0.3 is 20.7 Å². The summed E-state index contributed by atoms with van der Waals surface area (Å²) in [5, 5.41) is 15.0. The number of ether oxygens (including phenoxy) is 1. The molecule has 0 unspecified atom stereocenters. The number of benzene rings is 2. The molecule has 0 aliphatic heterocycles. The number of unbranched alkanes of at least 4 members (excludes halogenated alkanes) is 1. The molecule has 14 heteroatoms. The van der Waals surface area contributed by atoms with Crippen LogP contribution in [0.25, 0.3) is 11.3 Å². The van der Waals surface area contributed by atoms with Gasteiger partial charge in [-0.05, 0) is 37.0 Å². The van der Waals surface area contributed by atoms with Gasteiger partial charge in [0.15, 0.2) is 5.13 Å². The third-order valence-corrected chi connectivity index (χ3v) is 6.64. The number of carbonyl (C=O) groups is 3. The number of nitrogens with two attached hydrogens (primary N) is 1. The third-order valence-electron chi connectivity index (χ3n) is 5.28. The molecule has 0 radical (unpaired) electrons. The maximum Gasteiger partial charge on any atom is 0.408 e. The van der Waals surface area contributed by atoms with Gasteiger partial charge in [-0.2, -0.15) is 8.42 Å². The second-order valence-corrected chi connectivity index (χ2v) is 10.7. The van der Waals surface area contributed by atoms with Gasteiger partial charge in [0.1, 0.15) is 12.6 Å². The molecule has 2 aromatic carbocycles. The Morgan fingerprint density at radius 1 is 1.03 bits per heavy atom. The molecule has 0 spiro atoms. The first-order chi connectivity index (χ1) is 18.6. The van der Waals surface area contributed by atoms with Gasteiger partial charge >= 0.3 is 6.09 Å². The number of hydrogen-bond donors (Lipinski definition) is 5. The van der Waals surface area contributed by atoms with Crippen LogP contribution in [0.3, 0.4) is 0 Å². The van der Waals surface area contributed by atoms with Crippen LogP contribution in [0.4, 0.5) is 15.6 Å². The van der Waals surface area contributed by atoms with Crippen molar-refractivity contribution in [2.24, 2.45) is 5.14 Å². The molecule has 3 aromatic rings. The third kappa shape index (κ3) is 10.8. The molecule has 6 N–H and O–H groups in total. The first kappa shape index (κ1) is 29.7. The van der Waals surface area contributed by atoms with Crippen molar-refractivity contribution in [1.29, 1.82) is 0 Å². The maximum absolute atomic E-state index is 13.1. The van der Waals surface area contributed by atoms with Crippen LogP contribution in [0.5, 0.6) is 0 Å². The lowest BCUT2D eigenvalue weighted by atomic mass is 10.1. The minimum atomic E-state index is -3.81. The Kier molecular flexibility index (Phi) is 10.9. The highest BCUT2D eigenvalue weighted by molar-refractivity contribution is 7.87. The predicted octanol–water partition coefficient (Wildman–Crippen LogP) is 2.97. The normalized spacial score (nSPS) is 11.8. The molecule has 3 amide bonds. The first-order valence-corrected chi connectivity index (χ1v) is 14.4. The van der Waals surface area contributed by atoms with Crippen LogP contribution in [-0.2, 0) is 31.1 Å². The molecule has 0 aliphatic carbocycles. The summed E-state index contributed by atoms with van der Waals surface area (Å²) in [4.78, 5) is 41.1. The zero-order valence-electron chi connectivity index (χ0n) is 21.2. The second kappa shape index (κ2) is 14.3. The fourth-order valence-electron chi connectivity index (χ4n) is 3.45. The van der Waals surface area contributed by atoms with Gasteiger partial charge in [-0.1, -0.05) is 42.5 Å². The SMILES string of the molecule is CC(=O)Nc1ccc(-c2csc(NC(=O)[C@H](CCCCNS(N)(=O)=O)NC(=O)OCc3ccccc3)n2)cc1. The van der Waals surface area contributed by atoms with Gasteiger partial charge in [-0.3, -0.25) is 9.59 Å². The molecule has 39 heavy (non-hydrogen) atoms. The summed E-state index contributed by atoms with van der Waals surface area (Å²) in [6.07, 6.45) is 0.280. The van der Waals surface area contributed by atoms with Crippen LogP contribution in [0, 0.1) is 0 Å². The lowest BCUT2D eigenvalue weighted by Gasteiger charge is -2.17. The van der Waals surface area contributed by atoms with Crippen LogP contribution >= 0.6 is 11.3 Å². The molecule has 1 heterocycles. The second-order valence-electron chi connectivity index (χ2n) is 8.48. The van der Waals surface area contributed by atoms with E-state index in [4.69, 9.17) is 9.88 Å². The number of rotatable bonds is 13. The monoisotopic (exact) mass is 574 g/mol. The minimum absolute atomic E-state index is 0.0376. The van der Waals surface area contributed by atoms with Gasteiger partial charge in [0.25, 0.3) is 10.2 Å². The Morgan fingerprint density at radius 3 is 2.41 bits per heavy atom. The lowest BCUT2D eigenvalue weighted by molar-refractivity contribution is -0.118. The van der Waals surface area contributed by atoms with Gasteiger partial charge in [0.2, 0.25) is 11.8 Å². The van der Waals surface area contributed by atoms with Crippen molar-refractivity contribution in [3.05, 3.63) is 65.5 Å². The van der Waals surface area contributed by atoms with E-state index in [0.29, 0.717) is 29.4 Å². The molecule has 0 fully saturated rings. The van der Waals surface area contributed by atoms with Crippen LogP contribution < -0.4 is 25.8 Å². The topological polar surface area (TPSA) is 182 Å². The molecule has 0 aliphatic rings. The van der Waals surface area contributed by atoms with Crippen LogP contribution in [-0.4, -0.2) is 43.9 Å². The number of hydrogen-bond acceptors (Lipinski definition) is 8. The van der Waals surface area contributed by atoms with Crippen molar-refractivity contribution in [2.45, 2.75) is 38.8 Å². The van der Waals surface area contributed by atoms with E-state index in [2.05, 4.69) is 25.7 Å². The van der Waals surface area contributed by atoms with E-state index in [9.17, 15) is 22.8 Å². The molecule has 208 valence electrons. The summed E-state index contributed by atoms with van der Waals surface area (Å²) in [5.74, 6) is -0.665. The number of thiazole rings is 1. The summed E-state index contributed by atoms with van der Waals surface area (Å²) in [5.41, 5.74) is 2.87. The molecule has 0 saturated heterocycles. The smallest absolute Gasteiger partial charge is 0.408 e. The number of amides is 3. The summed E-state index contributed by atoms with van der Waals surface area (Å²) in [7, 11) is -3.81. The fourth-order valence-corrected chi connectivity index (χ4v) is 4.60. The molecule has 1 aromatic heterocycles. The van der Waals surface area contributed by atoms with Crippen molar-refractivity contribution in [1.82, 2.24) is 15.0 Å². The Balaban J connectivity index is 1.61. The zero-order valence-corrected chi connectivity index (χ0v) is 22.8. The number of carbonyl (C=O) groups excluding carboxylic acids is 3. The van der Waals surface area contributed by atoms with E-state index < -0.39 is 28.3 Å². The zero-order chi connectivity index (χ0) is 28.3. The van der Waals surface area contributed by atoms with Crippen molar-refractivity contribution < 1.29 is 27.5 Å². The summed E-state index contributed by atoms with van der Waals surface area (Å²) >= 11 is 1.22. The van der Waals surface area contributed by atoms with Crippen LogP contribution in [0.15, 0.2) is 60.0 Å². The number of nitrogens with one attached hydrogen (secondary N) is 4. The average molecular weight is 575 g/mol. The van der Waals surface area contributed by atoms with Gasteiger partial charge in [0.05, 0.1) is 5.69 Å². The van der Waals surface area contributed by atoms with E-state index in [1.165, 1.54) is 18.3 Å². The van der Waals surface area contributed by atoms with E-state index in [0.717, 1.165) is 11.1 Å². The van der Waals surface area contributed by atoms with E-state index in [-0.39, 0.29) is 25.5 Å². The average Bonchev–Trinajstić information content (AvgIpc) is 3.35. The summed E-state index contributed by atoms with van der Waals surface area (Å²) < 4.78 is 29.5. The quantitative estimate of drug-likeness (QED) is 0.194. The number of anilines is 2. The molecule has 12 nitrogen and oxygen atoms in total. The van der Waals surface area contributed by atoms with E-state index in [1.807, 2.05) is 30.3 Å².